The highest BCUT2D eigenvalue weighted by atomic mass is 16.6. The maximum Gasteiger partial charge on any atom is 0.407 e. The summed E-state index contributed by atoms with van der Waals surface area (Å²) in [6.45, 7) is 6.20. The van der Waals surface area contributed by atoms with E-state index in [1.807, 2.05) is 45.0 Å². The lowest BCUT2D eigenvalue weighted by molar-refractivity contribution is 0.0415. The zero-order chi connectivity index (χ0) is 15.5. The van der Waals surface area contributed by atoms with Gasteiger partial charge >= 0.3 is 6.09 Å². The summed E-state index contributed by atoms with van der Waals surface area (Å²) in [5.74, 6) is 1.30. The summed E-state index contributed by atoms with van der Waals surface area (Å²) in [5.41, 5.74) is 5.91. The van der Waals surface area contributed by atoms with Crippen molar-refractivity contribution in [3.8, 4) is 5.75 Å². The van der Waals surface area contributed by atoms with Gasteiger partial charge in [0.25, 0.3) is 0 Å². The Morgan fingerprint density at radius 3 is 2.48 bits per heavy atom. The Morgan fingerprint density at radius 2 is 1.90 bits per heavy atom. The number of benzene rings is 1. The van der Waals surface area contributed by atoms with Crippen LogP contribution in [-0.4, -0.2) is 24.3 Å². The van der Waals surface area contributed by atoms with Gasteiger partial charge in [0.1, 0.15) is 11.4 Å². The second-order valence-electron chi connectivity index (χ2n) is 6.53. The average Bonchev–Trinajstić information content (AvgIpc) is 2.32. The minimum Gasteiger partial charge on any atom is -0.490 e. The highest BCUT2D eigenvalue weighted by Crippen LogP contribution is 2.31. The van der Waals surface area contributed by atoms with Gasteiger partial charge in [0.15, 0.2) is 0 Å². The number of carbonyl (C=O) groups is 1. The van der Waals surface area contributed by atoms with E-state index < -0.39 is 5.60 Å². The summed E-state index contributed by atoms with van der Waals surface area (Å²) in [6.07, 6.45) is 1.75. The molecule has 0 aromatic heterocycles. The summed E-state index contributed by atoms with van der Waals surface area (Å²) < 4.78 is 11.0. The number of alkyl carbamates (subject to hydrolysis) is 1. The van der Waals surface area contributed by atoms with Crippen LogP contribution < -0.4 is 15.8 Å². The van der Waals surface area contributed by atoms with Crippen LogP contribution in [0, 0.1) is 5.92 Å². The second-order valence-corrected chi connectivity index (χ2v) is 6.53. The highest BCUT2D eigenvalue weighted by molar-refractivity contribution is 5.67. The fourth-order valence-electron chi connectivity index (χ4n) is 2.22. The molecule has 3 N–H and O–H groups in total. The van der Waals surface area contributed by atoms with E-state index in [0.29, 0.717) is 12.5 Å². The molecule has 1 aliphatic carbocycles. The van der Waals surface area contributed by atoms with Crippen LogP contribution in [0.15, 0.2) is 24.3 Å². The van der Waals surface area contributed by atoms with Gasteiger partial charge in [0.2, 0.25) is 0 Å². The normalized spacial score (nSPS) is 21.3. The number of hydrogen-bond acceptors (Lipinski definition) is 4. The van der Waals surface area contributed by atoms with E-state index in [0.717, 1.165) is 24.3 Å². The van der Waals surface area contributed by atoms with Gasteiger partial charge in [-0.15, -0.1) is 0 Å². The van der Waals surface area contributed by atoms with Crippen molar-refractivity contribution >= 4 is 11.8 Å². The number of nitrogens with one attached hydrogen (secondary N) is 1. The lowest BCUT2D eigenvalue weighted by Crippen LogP contribution is -2.42. The van der Waals surface area contributed by atoms with Crippen molar-refractivity contribution < 1.29 is 14.3 Å². The van der Waals surface area contributed by atoms with E-state index >= 15 is 0 Å². The van der Waals surface area contributed by atoms with Crippen molar-refractivity contribution in [3.05, 3.63) is 24.3 Å². The first-order chi connectivity index (χ1) is 9.82. The molecule has 1 fully saturated rings. The molecule has 0 bridgehead atoms. The molecule has 1 aliphatic rings. The van der Waals surface area contributed by atoms with Gasteiger partial charge in [-0.3, -0.25) is 0 Å². The predicted octanol–water partition coefficient (Wildman–Crippen LogP) is 2.95. The molecule has 1 saturated carbocycles. The second kappa shape index (κ2) is 6.24. The van der Waals surface area contributed by atoms with Crippen molar-refractivity contribution in [1.29, 1.82) is 0 Å². The van der Waals surface area contributed by atoms with Crippen LogP contribution in [0.1, 0.15) is 33.6 Å². The largest absolute Gasteiger partial charge is 0.490 e. The van der Waals surface area contributed by atoms with Crippen LogP contribution in [0.25, 0.3) is 0 Å². The van der Waals surface area contributed by atoms with Crippen LogP contribution in [0.4, 0.5) is 10.5 Å². The number of carbonyl (C=O) groups excluding carboxylic acids is 1. The molecule has 0 saturated heterocycles. The molecule has 0 unspecified atom stereocenters. The molecule has 0 radical (unpaired) electrons. The Kier molecular flexibility index (Phi) is 4.60. The van der Waals surface area contributed by atoms with Crippen molar-refractivity contribution in [3.63, 3.8) is 0 Å². The molecule has 0 atom stereocenters. The minimum atomic E-state index is -0.454. The van der Waals surface area contributed by atoms with Crippen LogP contribution in [0.3, 0.4) is 0 Å². The molecule has 1 amide bonds. The molecule has 5 heteroatoms. The Morgan fingerprint density at radius 1 is 1.29 bits per heavy atom. The molecular weight excluding hydrogens is 268 g/mol. The summed E-state index contributed by atoms with van der Waals surface area (Å²) in [6, 6.07) is 7.41. The van der Waals surface area contributed by atoms with Gasteiger partial charge in [-0.05, 0) is 63.8 Å². The van der Waals surface area contributed by atoms with Crippen LogP contribution >= 0.6 is 0 Å². The standard InChI is InChI=1S/C16H24N2O3/c1-16(2,3)21-15(19)18-10-11-8-14(9-11)20-13-6-4-12(17)5-7-13/h4-7,11,14H,8-10,17H2,1-3H3,(H,18,19). The average molecular weight is 292 g/mol. The van der Waals surface area contributed by atoms with Crippen molar-refractivity contribution in [2.45, 2.75) is 45.3 Å². The van der Waals surface area contributed by atoms with Crippen molar-refractivity contribution in [2.75, 3.05) is 12.3 Å². The van der Waals surface area contributed by atoms with E-state index in [2.05, 4.69) is 5.32 Å². The fourth-order valence-corrected chi connectivity index (χ4v) is 2.22. The monoisotopic (exact) mass is 292 g/mol. The fraction of sp³-hybridized carbons (Fsp3) is 0.562. The molecule has 1 aromatic carbocycles. The van der Waals surface area contributed by atoms with Gasteiger partial charge in [-0.25, -0.2) is 4.79 Å². The molecule has 5 nitrogen and oxygen atoms in total. The topological polar surface area (TPSA) is 73.6 Å². The Hall–Kier alpha value is -1.91. The van der Waals surface area contributed by atoms with Crippen LogP contribution in [-0.2, 0) is 4.74 Å². The van der Waals surface area contributed by atoms with Gasteiger partial charge < -0.3 is 20.5 Å². The lowest BCUT2D eigenvalue weighted by Gasteiger charge is -2.35. The Balaban J connectivity index is 1.63. The summed E-state index contributed by atoms with van der Waals surface area (Å²) >= 11 is 0. The number of amides is 1. The van der Waals surface area contributed by atoms with E-state index in [-0.39, 0.29) is 12.2 Å². The van der Waals surface area contributed by atoms with Crippen LogP contribution in [0.2, 0.25) is 0 Å². The first-order valence-corrected chi connectivity index (χ1v) is 7.31. The van der Waals surface area contributed by atoms with Gasteiger partial charge in [0.05, 0.1) is 6.10 Å². The minimum absolute atomic E-state index is 0.221. The number of anilines is 1. The van der Waals surface area contributed by atoms with E-state index in [4.69, 9.17) is 15.2 Å². The quantitative estimate of drug-likeness (QED) is 0.837. The molecule has 21 heavy (non-hydrogen) atoms. The molecule has 1 aromatic rings. The summed E-state index contributed by atoms with van der Waals surface area (Å²) in [4.78, 5) is 11.5. The summed E-state index contributed by atoms with van der Waals surface area (Å²) in [5, 5.41) is 2.80. The molecule has 0 aliphatic heterocycles. The van der Waals surface area contributed by atoms with Gasteiger partial charge in [0, 0.05) is 12.2 Å². The maximum atomic E-state index is 11.5. The first kappa shape index (κ1) is 15.5. The third-order valence-electron chi connectivity index (χ3n) is 3.31. The number of rotatable bonds is 4. The Bertz CT molecular complexity index is 473. The third kappa shape index (κ3) is 5.17. The lowest BCUT2D eigenvalue weighted by atomic mass is 9.82. The summed E-state index contributed by atoms with van der Waals surface area (Å²) in [7, 11) is 0. The molecule has 2 rings (SSSR count). The molecule has 116 valence electrons. The van der Waals surface area contributed by atoms with E-state index in [1.165, 1.54) is 0 Å². The number of nitrogen functional groups attached to an aromatic ring is 1. The van der Waals surface area contributed by atoms with Crippen molar-refractivity contribution in [2.24, 2.45) is 5.92 Å². The zero-order valence-corrected chi connectivity index (χ0v) is 12.9. The first-order valence-electron chi connectivity index (χ1n) is 7.31. The number of ether oxygens (including phenoxy) is 2. The zero-order valence-electron chi connectivity index (χ0n) is 12.9. The van der Waals surface area contributed by atoms with E-state index in [9.17, 15) is 4.79 Å². The van der Waals surface area contributed by atoms with Crippen LogP contribution in [0.5, 0.6) is 5.75 Å². The van der Waals surface area contributed by atoms with Crippen molar-refractivity contribution in [1.82, 2.24) is 5.32 Å². The molecule has 0 heterocycles. The molecule has 0 spiro atoms. The number of hydrogen-bond donors (Lipinski definition) is 2. The van der Waals surface area contributed by atoms with Gasteiger partial charge in [-0.2, -0.15) is 0 Å². The molecular formula is C16H24N2O3. The van der Waals surface area contributed by atoms with E-state index in [1.54, 1.807) is 0 Å². The predicted molar refractivity (Wildman–Crippen MR) is 82.2 cm³/mol. The SMILES string of the molecule is CC(C)(C)OC(=O)NCC1CC(Oc2ccc(N)cc2)C1. The Labute approximate surface area is 125 Å². The smallest absolute Gasteiger partial charge is 0.407 e. The van der Waals surface area contributed by atoms with Gasteiger partial charge in [-0.1, -0.05) is 0 Å². The highest BCUT2D eigenvalue weighted by Gasteiger charge is 2.31. The third-order valence-corrected chi connectivity index (χ3v) is 3.31. The number of nitrogens with two attached hydrogens (primary N) is 1. The maximum absolute atomic E-state index is 11.5.